The maximum absolute atomic E-state index is 13.5. The molecule has 5 rings (SSSR count). The van der Waals surface area contributed by atoms with E-state index in [1.807, 2.05) is 0 Å². The molecule has 1 aliphatic carbocycles. The van der Waals surface area contributed by atoms with Crippen molar-refractivity contribution in [1.82, 2.24) is 0 Å². The van der Waals surface area contributed by atoms with E-state index < -0.39 is 0 Å². The van der Waals surface area contributed by atoms with Crippen molar-refractivity contribution >= 4 is 34.3 Å². The molecule has 1 aliphatic rings. The molecular weight excluding hydrogens is 404 g/mol. The van der Waals surface area contributed by atoms with Gasteiger partial charge < -0.3 is 20.8 Å². The second-order valence-electron chi connectivity index (χ2n) is 7.46. The highest BCUT2D eigenvalue weighted by atomic mass is 16.3. The van der Waals surface area contributed by atoms with E-state index in [1.54, 1.807) is 60.7 Å². The molecule has 0 aromatic heterocycles. The van der Waals surface area contributed by atoms with Crippen LogP contribution in [0.5, 0.6) is 11.5 Å². The largest absolute Gasteiger partial charge is 0.508 e. The van der Waals surface area contributed by atoms with Crippen LogP contribution in [-0.2, 0) is 0 Å². The Morgan fingerprint density at radius 3 is 1.25 bits per heavy atom. The minimum Gasteiger partial charge on any atom is -0.508 e. The van der Waals surface area contributed by atoms with E-state index in [0.29, 0.717) is 33.9 Å². The van der Waals surface area contributed by atoms with E-state index in [1.165, 1.54) is 24.3 Å². The number of carbonyl (C=O) groups is 2. The lowest BCUT2D eigenvalue weighted by Gasteiger charge is -2.24. The quantitative estimate of drug-likeness (QED) is 0.291. The molecule has 0 aliphatic heterocycles. The summed E-state index contributed by atoms with van der Waals surface area (Å²) in [4.78, 5) is 26.9. The van der Waals surface area contributed by atoms with Gasteiger partial charge in [-0.3, -0.25) is 9.59 Å². The summed E-state index contributed by atoms with van der Waals surface area (Å²) in [5.41, 5.74) is 3.62. The third kappa shape index (κ3) is 3.33. The minimum absolute atomic E-state index is 0.131. The summed E-state index contributed by atoms with van der Waals surface area (Å²) in [6.07, 6.45) is 0. The highest BCUT2D eigenvalue weighted by Gasteiger charge is 2.34. The second-order valence-corrected chi connectivity index (χ2v) is 7.46. The fourth-order valence-electron chi connectivity index (χ4n) is 3.83. The van der Waals surface area contributed by atoms with Crippen LogP contribution in [0, 0.1) is 0 Å². The lowest BCUT2D eigenvalue weighted by molar-refractivity contribution is 0.0980. The van der Waals surface area contributed by atoms with Gasteiger partial charge in [0.05, 0.1) is 22.5 Å². The number of fused-ring (bicyclic) bond motifs is 2. The topological polar surface area (TPSA) is 98.7 Å². The summed E-state index contributed by atoms with van der Waals surface area (Å²) in [7, 11) is 0. The number of ketones is 2. The van der Waals surface area contributed by atoms with E-state index in [9.17, 15) is 19.8 Å². The molecule has 0 spiro atoms. The number of phenolic OH excluding ortho intramolecular Hbond substituents is 2. The maximum atomic E-state index is 13.5. The molecular formula is C26H18N2O4. The second kappa shape index (κ2) is 7.59. The van der Waals surface area contributed by atoms with Gasteiger partial charge >= 0.3 is 0 Å². The Balaban J connectivity index is 1.65. The van der Waals surface area contributed by atoms with Crippen molar-refractivity contribution in [2.75, 3.05) is 10.6 Å². The number of aromatic hydroxyl groups is 2. The van der Waals surface area contributed by atoms with E-state index in [4.69, 9.17) is 0 Å². The number of hydrogen-bond acceptors (Lipinski definition) is 6. The number of phenols is 2. The van der Waals surface area contributed by atoms with Crippen molar-refractivity contribution in [3.05, 3.63) is 107 Å². The van der Waals surface area contributed by atoms with E-state index in [-0.39, 0.29) is 34.2 Å². The molecule has 0 radical (unpaired) electrons. The first-order valence-electron chi connectivity index (χ1n) is 9.99. The molecule has 0 atom stereocenters. The van der Waals surface area contributed by atoms with E-state index in [0.717, 1.165) is 0 Å². The van der Waals surface area contributed by atoms with Crippen LogP contribution >= 0.6 is 0 Å². The zero-order valence-corrected chi connectivity index (χ0v) is 16.8. The molecule has 0 bridgehead atoms. The van der Waals surface area contributed by atoms with Crippen molar-refractivity contribution in [1.29, 1.82) is 0 Å². The Morgan fingerprint density at radius 2 is 0.875 bits per heavy atom. The van der Waals surface area contributed by atoms with Gasteiger partial charge in [0, 0.05) is 22.5 Å². The van der Waals surface area contributed by atoms with Crippen molar-refractivity contribution < 1.29 is 19.8 Å². The molecule has 156 valence electrons. The number of carbonyl (C=O) groups excluding carboxylic acids is 2. The maximum Gasteiger partial charge on any atom is 0.196 e. The normalized spacial score (nSPS) is 12.1. The highest BCUT2D eigenvalue weighted by molar-refractivity contribution is 6.32. The van der Waals surface area contributed by atoms with Gasteiger partial charge in [-0.05, 0) is 60.7 Å². The monoisotopic (exact) mass is 422 g/mol. The van der Waals surface area contributed by atoms with Crippen molar-refractivity contribution in [2.24, 2.45) is 0 Å². The molecule has 0 unspecified atom stereocenters. The van der Waals surface area contributed by atoms with Crippen LogP contribution in [-0.4, -0.2) is 21.8 Å². The summed E-state index contributed by atoms with van der Waals surface area (Å²) in [6, 6.07) is 23.2. The smallest absolute Gasteiger partial charge is 0.196 e. The number of hydrogen-bond donors (Lipinski definition) is 4. The van der Waals surface area contributed by atoms with Gasteiger partial charge in [0.25, 0.3) is 0 Å². The fourth-order valence-corrected chi connectivity index (χ4v) is 3.83. The van der Waals surface area contributed by atoms with Crippen LogP contribution in [0.3, 0.4) is 0 Å². The third-order valence-electron chi connectivity index (χ3n) is 5.37. The first-order valence-corrected chi connectivity index (χ1v) is 9.99. The Labute approximate surface area is 183 Å². The van der Waals surface area contributed by atoms with Crippen molar-refractivity contribution in [2.45, 2.75) is 0 Å². The van der Waals surface area contributed by atoms with Crippen LogP contribution in [0.15, 0.2) is 84.9 Å². The molecule has 4 aromatic carbocycles. The first kappa shape index (κ1) is 19.4. The average Bonchev–Trinajstić information content (AvgIpc) is 2.81. The predicted octanol–water partition coefficient (Wildman–Crippen LogP) is 5.36. The minimum atomic E-state index is -0.245. The Kier molecular flexibility index (Phi) is 4.60. The molecule has 0 saturated carbocycles. The number of rotatable bonds is 4. The summed E-state index contributed by atoms with van der Waals surface area (Å²) in [5, 5.41) is 25.5. The Bertz CT molecular complexity index is 1250. The van der Waals surface area contributed by atoms with E-state index in [2.05, 4.69) is 10.6 Å². The first-order chi connectivity index (χ1) is 15.5. The number of anilines is 4. The number of nitrogens with one attached hydrogen (secondary N) is 2. The van der Waals surface area contributed by atoms with Gasteiger partial charge in [0.2, 0.25) is 0 Å². The third-order valence-corrected chi connectivity index (χ3v) is 5.37. The zero-order chi connectivity index (χ0) is 22.2. The molecule has 0 saturated heterocycles. The zero-order valence-electron chi connectivity index (χ0n) is 16.8. The summed E-state index contributed by atoms with van der Waals surface area (Å²) in [5.74, 6) is -0.228. The molecule has 6 heteroatoms. The van der Waals surface area contributed by atoms with Gasteiger partial charge in [-0.2, -0.15) is 0 Å². The molecule has 0 heterocycles. The lowest BCUT2D eigenvalue weighted by Crippen LogP contribution is -2.23. The molecule has 32 heavy (non-hydrogen) atoms. The average molecular weight is 422 g/mol. The summed E-state index contributed by atoms with van der Waals surface area (Å²) in [6.45, 7) is 0. The standard InChI is InChI=1S/C26H18N2O4/c29-17-9-5-15(6-10-17)27-21-13-14-22(28-16-7-11-18(30)12-8-16)24-23(21)25(31)19-3-1-2-4-20(19)26(24)32/h1-14,27-30H. The van der Waals surface area contributed by atoms with Crippen LogP contribution in [0.2, 0.25) is 0 Å². The Morgan fingerprint density at radius 1 is 0.500 bits per heavy atom. The van der Waals surface area contributed by atoms with Crippen LogP contribution < -0.4 is 10.6 Å². The van der Waals surface area contributed by atoms with Crippen LogP contribution in [0.25, 0.3) is 0 Å². The Hall–Kier alpha value is -4.58. The predicted molar refractivity (Wildman–Crippen MR) is 123 cm³/mol. The molecule has 4 aromatic rings. The summed E-state index contributed by atoms with van der Waals surface area (Å²) >= 11 is 0. The van der Waals surface area contributed by atoms with Gasteiger partial charge in [-0.25, -0.2) is 0 Å². The van der Waals surface area contributed by atoms with Crippen molar-refractivity contribution in [3.8, 4) is 11.5 Å². The molecule has 0 fully saturated rings. The molecule has 0 amide bonds. The SMILES string of the molecule is O=C1c2ccccc2C(=O)c2c(Nc3ccc(O)cc3)ccc(Nc3ccc(O)cc3)c21. The van der Waals surface area contributed by atoms with Gasteiger partial charge in [0.1, 0.15) is 11.5 Å². The van der Waals surface area contributed by atoms with Gasteiger partial charge in [0.15, 0.2) is 11.6 Å². The summed E-state index contributed by atoms with van der Waals surface area (Å²) < 4.78 is 0. The lowest BCUT2D eigenvalue weighted by atomic mass is 9.82. The number of benzene rings is 4. The molecule has 4 N–H and O–H groups in total. The van der Waals surface area contributed by atoms with Crippen molar-refractivity contribution in [3.63, 3.8) is 0 Å². The van der Waals surface area contributed by atoms with E-state index >= 15 is 0 Å². The van der Waals surface area contributed by atoms with Crippen LogP contribution in [0.1, 0.15) is 31.8 Å². The molecule has 6 nitrogen and oxygen atoms in total. The van der Waals surface area contributed by atoms with Gasteiger partial charge in [-0.15, -0.1) is 0 Å². The van der Waals surface area contributed by atoms with Gasteiger partial charge in [-0.1, -0.05) is 24.3 Å². The van der Waals surface area contributed by atoms with Crippen LogP contribution in [0.4, 0.5) is 22.7 Å². The highest BCUT2D eigenvalue weighted by Crippen LogP contribution is 2.38. The fraction of sp³-hybridized carbons (Fsp3) is 0.